The van der Waals surface area contributed by atoms with Gasteiger partial charge in [-0.2, -0.15) is 0 Å². The Hall–Kier alpha value is -2.31. The van der Waals surface area contributed by atoms with Gasteiger partial charge in [-0.25, -0.2) is 0 Å². The number of carbonyl (C=O) groups excluding carboxylic acids is 1. The van der Waals surface area contributed by atoms with Crippen LogP contribution in [0.15, 0.2) is 64.2 Å². The minimum Gasteiger partial charge on any atom is -0.411 e. The van der Waals surface area contributed by atoms with Crippen LogP contribution >= 0.6 is 23.4 Å². The van der Waals surface area contributed by atoms with Gasteiger partial charge in [0.05, 0.1) is 0 Å². The number of rotatable bonds is 7. The van der Waals surface area contributed by atoms with Gasteiger partial charge < -0.3 is 9.73 Å². The van der Waals surface area contributed by atoms with E-state index >= 15 is 0 Å². The smallest absolute Gasteiger partial charge is 0.276 e. The van der Waals surface area contributed by atoms with Crippen molar-refractivity contribution in [3.8, 4) is 11.5 Å². The summed E-state index contributed by atoms with van der Waals surface area (Å²) >= 11 is 7.42. The monoisotopic (exact) mass is 373 g/mol. The molecule has 0 aliphatic rings. The maximum Gasteiger partial charge on any atom is 0.276 e. The molecule has 128 valence electrons. The number of halogens is 1. The largest absolute Gasteiger partial charge is 0.411 e. The number of nitrogens with one attached hydrogen (secondary N) is 1. The molecule has 1 heterocycles. The highest BCUT2D eigenvalue weighted by Crippen LogP contribution is 2.23. The molecule has 1 amide bonds. The van der Waals surface area contributed by atoms with Gasteiger partial charge in [0.25, 0.3) is 5.22 Å². The van der Waals surface area contributed by atoms with Crippen LogP contribution in [-0.4, -0.2) is 21.9 Å². The second-order valence-corrected chi connectivity index (χ2v) is 6.66. The number of amides is 1. The SMILES string of the molecule is O=C(CCSc1nnc(-c2ccccc2)o1)NCc1ccccc1Cl. The van der Waals surface area contributed by atoms with Gasteiger partial charge in [0.15, 0.2) is 0 Å². The molecule has 5 nitrogen and oxygen atoms in total. The standard InChI is InChI=1S/C18H16ClN3O2S/c19-15-9-5-4-8-14(15)12-20-16(23)10-11-25-18-22-21-17(24-18)13-6-2-1-3-7-13/h1-9H,10-12H2,(H,20,23). The molecule has 0 saturated carbocycles. The molecule has 0 aliphatic carbocycles. The van der Waals surface area contributed by atoms with Crippen LogP contribution in [0.2, 0.25) is 5.02 Å². The Morgan fingerprint density at radius 1 is 1.08 bits per heavy atom. The molecular formula is C18H16ClN3O2S. The molecule has 0 fully saturated rings. The van der Waals surface area contributed by atoms with E-state index in [1.54, 1.807) is 6.07 Å². The third-order valence-electron chi connectivity index (χ3n) is 3.42. The first-order valence-electron chi connectivity index (χ1n) is 7.74. The fourth-order valence-corrected chi connectivity index (χ4v) is 3.02. The van der Waals surface area contributed by atoms with Gasteiger partial charge >= 0.3 is 0 Å². The van der Waals surface area contributed by atoms with Crippen molar-refractivity contribution in [2.24, 2.45) is 0 Å². The molecule has 0 spiro atoms. The summed E-state index contributed by atoms with van der Waals surface area (Å²) in [6, 6.07) is 17.0. The van der Waals surface area contributed by atoms with Crippen LogP contribution in [0.1, 0.15) is 12.0 Å². The average molecular weight is 374 g/mol. The fourth-order valence-electron chi connectivity index (χ4n) is 2.12. The minimum atomic E-state index is -0.0461. The Morgan fingerprint density at radius 3 is 2.64 bits per heavy atom. The number of hydrogen-bond donors (Lipinski definition) is 1. The van der Waals surface area contributed by atoms with E-state index in [1.807, 2.05) is 48.5 Å². The van der Waals surface area contributed by atoms with Crippen LogP contribution < -0.4 is 5.32 Å². The van der Waals surface area contributed by atoms with E-state index in [4.69, 9.17) is 16.0 Å². The molecule has 1 aromatic heterocycles. The van der Waals surface area contributed by atoms with Gasteiger partial charge in [-0.15, -0.1) is 10.2 Å². The van der Waals surface area contributed by atoms with Crippen LogP contribution in [0.4, 0.5) is 0 Å². The zero-order valence-electron chi connectivity index (χ0n) is 13.3. The highest BCUT2D eigenvalue weighted by atomic mass is 35.5. The lowest BCUT2D eigenvalue weighted by molar-refractivity contribution is -0.120. The number of benzene rings is 2. The first kappa shape index (κ1) is 17.5. The van der Waals surface area contributed by atoms with Gasteiger partial charge in [0.2, 0.25) is 11.8 Å². The van der Waals surface area contributed by atoms with Crippen molar-refractivity contribution < 1.29 is 9.21 Å². The van der Waals surface area contributed by atoms with Gasteiger partial charge in [-0.05, 0) is 23.8 Å². The zero-order valence-corrected chi connectivity index (χ0v) is 14.9. The average Bonchev–Trinajstić information content (AvgIpc) is 3.11. The first-order valence-corrected chi connectivity index (χ1v) is 9.10. The van der Waals surface area contributed by atoms with Crippen molar-refractivity contribution in [3.63, 3.8) is 0 Å². The summed E-state index contributed by atoms with van der Waals surface area (Å²) in [5.41, 5.74) is 1.77. The van der Waals surface area contributed by atoms with E-state index in [0.29, 0.717) is 34.9 Å². The molecule has 0 radical (unpaired) electrons. The van der Waals surface area contributed by atoms with E-state index in [-0.39, 0.29) is 5.91 Å². The Kier molecular flexibility index (Phi) is 6.09. The fraction of sp³-hybridized carbons (Fsp3) is 0.167. The second kappa shape index (κ2) is 8.69. The maximum atomic E-state index is 11.9. The zero-order chi connectivity index (χ0) is 17.5. The van der Waals surface area contributed by atoms with Crippen molar-refractivity contribution in [2.45, 2.75) is 18.2 Å². The lowest BCUT2D eigenvalue weighted by atomic mass is 10.2. The van der Waals surface area contributed by atoms with Gasteiger partial charge in [0, 0.05) is 29.3 Å². The highest BCUT2D eigenvalue weighted by Gasteiger charge is 2.10. The summed E-state index contributed by atoms with van der Waals surface area (Å²) in [5.74, 6) is 0.992. The predicted octanol–water partition coefficient (Wildman–Crippen LogP) is 4.19. The summed E-state index contributed by atoms with van der Waals surface area (Å²) < 4.78 is 5.59. The van der Waals surface area contributed by atoms with Gasteiger partial charge in [0.1, 0.15) is 0 Å². The maximum absolute atomic E-state index is 11.9. The summed E-state index contributed by atoms with van der Waals surface area (Å²) in [7, 11) is 0. The molecule has 1 N–H and O–H groups in total. The van der Waals surface area contributed by atoms with Crippen molar-refractivity contribution in [3.05, 3.63) is 65.2 Å². The van der Waals surface area contributed by atoms with Crippen LogP contribution in [-0.2, 0) is 11.3 Å². The Morgan fingerprint density at radius 2 is 1.84 bits per heavy atom. The molecule has 7 heteroatoms. The quantitative estimate of drug-likeness (QED) is 0.629. The number of hydrogen-bond acceptors (Lipinski definition) is 5. The molecular weight excluding hydrogens is 358 g/mol. The second-order valence-electron chi connectivity index (χ2n) is 5.21. The third-order valence-corrected chi connectivity index (χ3v) is 4.60. The first-order chi connectivity index (χ1) is 12.2. The summed E-state index contributed by atoms with van der Waals surface area (Å²) in [4.78, 5) is 11.9. The normalized spacial score (nSPS) is 10.6. The van der Waals surface area contributed by atoms with Crippen molar-refractivity contribution in [2.75, 3.05) is 5.75 Å². The minimum absolute atomic E-state index is 0.0461. The molecule has 3 rings (SSSR count). The van der Waals surface area contributed by atoms with Crippen molar-refractivity contribution in [1.29, 1.82) is 0 Å². The summed E-state index contributed by atoms with van der Waals surface area (Å²) in [6.07, 6.45) is 0.359. The van der Waals surface area contributed by atoms with E-state index in [2.05, 4.69) is 15.5 Å². The van der Waals surface area contributed by atoms with Crippen LogP contribution in [0.5, 0.6) is 0 Å². The van der Waals surface area contributed by atoms with E-state index < -0.39 is 0 Å². The van der Waals surface area contributed by atoms with Crippen LogP contribution in [0.25, 0.3) is 11.5 Å². The molecule has 0 bridgehead atoms. The molecule has 0 aliphatic heterocycles. The van der Waals surface area contributed by atoms with Gasteiger partial charge in [-0.3, -0.25) is 4.79 Å². The number of nitrogens with zero attached hydrogens (tertiary/aromatic N) is 2. The molecule has 25 heavy (non-hydrogen) atoms. The molecule has 0 atom stereocenters. The van der Waals surface area contributed by atoms with E-state index in [0.717, 1.165) is 11.1 Å². The Balaban J connectivity index is 1.43. The van der Waals surface area contributed by atoms with E-state index in [1.165, 1.54) is 11.8 Å². The number of thioether (sulfide) groups is 1. The lowest BCUT2D eigenvalue weighted by Gasteiger charge is -2.06. The third kappa shape index (κ3) is 5.08. The van der Waals surface area contributed by atoms with Gasteiger partial charge in [-0.1, -0.05) is 59.8 Å². The van der Waals surface area contributed by atoms with Crippen LogP contribution in [0.3, 0.4) is 0 Å². The van der Waals surface area contributed by atoms with Crippen molar-refractivity contribution in [1.82, 2.24) is 15.5 Å². The number of carbonyl (C=O) groups is 1. The Labute approximate surface area is 154 Å². The highest BCUT2D eigenvalue weighted by molar-refractivity contribution is 7.99. The molecule has 2 aromatic carbocycles. The van der Waals surface area contributed by atoms with E-state index in [9.17, 15) is 4.79 Å². The molecule has 3 aromatic rings. The summed E-state index contributed by atoms with van der Waals surface area (Å²) in [5, 5.41) is 12.0. The number of aromatic nitrogens is 2. The van der Waals surface area contributed by atoms with Crippen molar-refractivity contribution >= 4 is 29.3 Å². The topological polar surface area (TPSA) is 68.0 Å². The lowest BCUT2D eigenvalue weighted by Crippen LogP contribution is -2.23. The predicted molar refractivity (Wildman–Crippen MR) is 98.4 cm³/mol. The molecule has 0 unspecified atom stereocenters. The van der Waals surface area contributed by atoms with Crippen LogP contribution in [0, 0.1) is 0 Å². The summed E-state index contributed by atoms with van der Waals surface area (Å²) in [6.45, 7) is 0.419. The Bertz CT molecular complexity index is 839. The molecule has 0 saturated heterocycles.